The Kier molecular flexibility index (Phi) is 4.68. The van der Waals surface area contributed by atoms with Gasteiger partial charge in [-0.3, -0.25) is 4.79 Å². The van der Waals surface area contributed by atoms with E-state index in [1.165, 1.54) is 12.1 Å². The van der Waals surface area contributed by atoms with Gasteiger partial charge in [-0.15, -0.1) is 13.2 Å². The van der Waals surface area contributed by atoms with E-state index < -0.39 is 6.36 Å². The zero-order valence-electron chi connectivity index (χ0n) is 11.1. The Morgan fingerprint density at radius 2 is 1.80 bits per heavy atom. The van der Waals surface area contributed by atoms with Crippen molar-refractivity contribution in [3.05, 3.63) is 29.8 Å². The number of benzene rings is 1. The largest absolute Gasteiger partial charge is 0.573 e. The fourth-order valence-electron chi connectivity index (χ4n) is 2.56. The lowest BCUT2D eigenvalue weighted by atomic mass is 9.91. The summed E-state index contributed by atoms with van der Waals surface area (Å²) in [6.45, 7) is 0. The molecule has 1 fully saturated rings. The van der Waals surface area contributed by atoms with E-state index in [0.29, 0.717) is 12.8 Å². The van der Waals surface area contributed by atoms with Crippen molar-refractivity contribution in [2.75, 3.05) is 0 Å². The number of rotatable bonds is 3. The molecule has 2 nitrogen and oxygen atoms in total. The van der Waals surface area contributed by atoms with Crippen molar-refractivity contribution >= 4 is 5.78 Å². The van der Waals surface area contributed by atoms with Crippen LogP contribution in [0.5, 0.6) is 5.75 Å². The third kappa shape index (κ3) is 4.54. The number of halogens is 3. The Morgan fingerprint density at radius 3 is 2.45 bits per heavy atom. The molecule has 1 aliphatic rings. The maximum atomic E-state index is 12.0. The van der Waals surface area contributed by atoms with Crippen LogP contribution in [-0.4, -0.2) is 12.1 Å². The molecule has 5 heteroatoms. The number of hydrogen-bond donors (Lipinski definition) is 0. The van der Waals surface area contributed by atoms with Crippen LogP contribution in [0.2, 0.25) is 0 Å². The van der Waals surface area contributed by atoms with Gasteiger partial charge in [0.1, 0.15) is 11.5 Å². The van der Waals surface area contributed by atoms with E-state index in [4.69, 9.17) is 0 Å². The quantitative estimate of drug-likeness (QED) is 0.775. The molecule has 1 atom stereocenters. The predicted octanol–water partition coefficient (Wildman–Crippen LogP) is 4.28. The lowest BCUT2D eigenvalue weighted by Crippen LogP contribution is -2.17. The number of hydrogen-bond acceptors (Lipinski definition) is 2. The van der Waals surface area contributed by atoms with Crippen LogP contribution in [-0.2, 0) is 11.2 Å². The minimum absolute atomic E-state index is 0.00637. The Balaban J connectivity index is 1.97. The predicted molar refractivity (Wildman–Crippen MR) is 68.4 cm³/mol. The lowest BCUT2D eigenvalue weighted by molar-refractivity contribution is -0.274. The van der Waals surface area contributed by atoms with Crippen molar-refractivity contribution in [1.82, 2.24) is 0 Å². The zero-order valence-corrected chi connectivity index (χ0v) is 11.1. The number of carbonyl (C=O) groups is 1. The van der Waals surface area contributed by atoms with Crippen molar-refractivity contribution in [1.29, 1.82) is 0 Å². The fourth-order valence-corrected chi connectivity index (χ4v) is 2.56. The zero-order chi connectivity index (χ0) is 14.6. The van der Waals surface area contributed by atoms with E-state index in [0.717, 1.165) is 31.2 Å². The van der Waals surface area contributed by atoms with Gasteiger partial charge in [0.2, 0.25) is 0 Å². The number of carbonyl (C=O) groups excluding carboxylic acids is 1. The summed E-state index contributed by atoms with van der Waals surface area (Å²) in [4.78, 5) is 11.9. The van der Waals surface area contributed by atoms with Gasteiger partial charge in [0.15, 0.2) is 0 Å². The average Bonchev–Trinajstić information content (AvgIpc) is 2.56. The summed E-state index contributed by atoms with van der Waals surface area (Å²) in [6, 6.07) is 5.78. The van der Waals surface area contributed by atoms with Gasteiger partial charge in [-0.25, -0.2) is 0 Å². The van der Waals surface area contributed by atoms with Crippen LogP contribution < -0.4 is 4.74 Å². The minimum atomic E-state index is -4.67. The average molecular weight is 286 g/mol. The van der Waals surface area contributed by atoms with Gasteiger partial charge < -0.3 is 4.74 Å². The molecule has 2 rings (SSSR count). The summed E-state index contributed by atoms with van der Waals surface area (Å²) in [5, 5.41) is 0. The lowest BCUT2D eigenvalue weighted by Gasteiger charge is -2.13. The van der Waals surface area contributed by atoms with Crippen molar-refractivity contribution in [3.63, 3.8) is 0 Å². The van der Waals surface area contributed by atoms with Gasteiger partial charge in [0.25, 0.3) is 0 Å². The molecule has 0 aliphatic heterocycles. The summed E-state index contributed by atoms with van der Waals surface area (Å²) in [7, 11) is 0. The van der Waals surface area contributed by atoms with Gasteiger partial charge in [0, 0.05) is 12.3 Å². The first-order chi connectivity index (χ1) is 9.44. The van der Waals surface area contributed by atoms with Gasteiger partial charge in [0.05, 0.1) is 0 Å². The normalized spacial score (nSPS) is 20.6. The molecule has 0 aromatic heterocycles. The first-order valence-electron chi connectivity index (χ1n) is 6.81. The van der Waals surface area contributed by atoms with E-state index in [1.54, 1.807) is 12.1 Å². The molecule has 0 heterocycles. The summed E-state index contributed by atoms with van der Waals surface area (Å²) in [6.07, 6.45) is 0.517. The number of ether oxygens (including phenoxy) is 1. The van der Waals surface area contributed by atoms with Crippen LogP contribution in [0.15, 0.2) is 24.3 Å². The number of Topliss-reactive ketones (excluding diaryl/α,β-unsaturated/α-hetero) is 1. The summed E-state index contributed by atoms with van der Waals surface area (Å²) in [5.74, 6) is 0.0541. The monoisotopic (exact) mass is 286 g/mol. The topological polar surface area (TPSA) is 26.3 Å². The SMILES string of the molecule is O=C1CCCCCC1Cc1ccc(OC(F)(F)F)cc1. The molecule has 0 bridgehead atoms. The molecule has 1 unspecified atom stereocenters. The molecular formula is C15H17F3O2. The second-order valence-electron chi connectivity index (χ2n) is 5.16. The molecule has 1 aromatic rings. The fraction of sp³-hybridized carbons (Fsp3) is 0.533. The second-order valence-corrected chi connectivity index (χ2v) is 5.16. The van der Waals surface area contributed by atoms with E-state index >= 15 is 0 Å². The standard InChI is InChI=1S/C15H17F3O2/c16-15(17,18)20-13-8-6-11(7-9-13)10-12-4-2-1-3-5-14(12)19/h6-9,12H,1-5,10H2. The Labute approximate surface area is 115 Å². The highest BCUT2D eigenvalue weighted by atomic mass is 19.4. The summed E-state index contributed by atoms with van der Waals surface area (Å²) >= 11 is 0. The molecule has 0 radical (unpaired) electrons. The molecule has 0 saturated heterocycles. The Hall–Kier alpha value is -1.52. The smallest absolute Gasteiger partial charge is 0.406 e. The Bertz CT molecular complexity index is 451. The molecular weight excluding hydrogens is 269 g/mol. The minimum Gasteiger partial charge on any atom is -0.406 e. The first-order valence-corrected chi connectivity index (χ1v) is 6.81. The highest BCUT2D eigenvalue weighted by Gasteiger charge is 2.31. The molecule has 1 aromatic carbocycles. The van der Waals surface area contributed by atoms with Crippen LogP contribution >= 0.6 is 0 Å². The van der Waals surface area contributed by atoms with Crippen LogP contribution in [0.25, 0.3) is 0 Å². The van der Waals surface area contributed by atoms with Crippen LogP contribution in [0.4, 0.5) is 13.2 Å². The second kappa shape index (κ2) is 6.29. The highest BCUT2D eigenvalue weighted by Crippen LogP contribution is 2.26. The third-order valence-corrected chi connectivity index (χ3v) is 3.57. The molecule has 110 valence electrons. The molecule has 1 aliphatic carbocycles. The molecule has 0 amide bonds. The first kappa shape index (κ1) is 14.9. The number of alkyl halides is 3. The van der Waals surface area contributed by atoms with E-state index in [1.807, 2.05) is 0 Å². The molecule has 1 saturated carbocycles. The van der Waals surface area contributed by atoms with Crippen molar-refractivity contribution in [3.8, 4) is 5.75 Å². The van der Waals surface area contributed by atoms with Gasteiger partial charge in [-0.1, -0.05) is 25.0 Å². The van der Waals surface area contributed by atoms with Gasteiger partial charge >= 0.3 is 6.36 Å². The van der Waals surface area contributed by atoms with E-state index in [-0.39, 0.29) is 17.5 Å². The molecule has 0 N–H and O–H groups in total. The summed E-state index contributed by atoms with van der Waals surface area (Å²) in [5.41, 5.74) is 0.875. The van der Waals surface area contributed by atoms with Gasteiger partial charge in [-0.05, 0) is 37.0 Å². The Morgan fingerprint density at radius 1 is 1.10 bits per heavy atom. The maximum absolute atomic E-state index is 12.0. The molecule has 20 heavy (non-hydrogen) atoms. The van der Waals surface area contributed by atoms with E-state index in [9.17, 15) is 18.0 Å². The van der Waals surface area contributed by atoms with Crippen LogP contribution in [0, 0.1) is 5.92 Å². The van der Waals surface area contributed by atoms with Crippen LogP contribution in [0.1, 0.15) is 37.7 Å². The highest BCUT2D eigenvalue weighted by molar-refractivity contribution is 5.81. The third-order valence-electron chi connectivity index (χ3n) is 3.57. The van der Waals surface area contributed by atoms with Gasteiger partial charge in [-0.2, -0.15) is 0 Å². The van der Waals surface area contributed by atoms with Crippen LogP contribution in [0.3, 0.4) is 0 Å². The van der Waals surface area contributed by atoms with E-state index in [2.05, 4.69) is 4.74 Å². The maximum Gasteiger partial charge on any atom is 0.573 e. The summed E-state index contributed by atoms with van der Waals surface area (Å²) < 4.78 is 40.0. The van der Waals surface area contributed by atoms with Crippen molar-refractivity contribution in [2.45, 2.75) is 44.9 Å². The number of ketones is 1. The van der Waals surface area contributed by atoms with Crippen molar-refractivity contribution in [2.24, 2.45) is 5.92 Å². The van der Waals surface area contributed by atoms with Crippen molar-refractivity contribution < 1.29 is 22.7 Å². The molecule has 0 spiro atoms.